The molecular formula is C9H16O7. The maximum absolute atomic E-state index is 9.77. The third kappa shape index (κ3) is 5.64. The predicted octanol–water partition coefficient (Wildman–Crippen LogP) is -1.20. The fourth-order valence-electron chi connectivity index (χ4n) is 1.17. The van der Waals surface area contributed by atoms with Gasteiger partial charge in [-0.25, -0.2) is 9.59 Å². The van der Waals surface area contributed by atoms with Crippen molar-refractivity contribution in [3.8, 4) is 0 Å². The van der Waals surface area contributed by atoms with Crippen LogP contribution in [0, 0.1) is 0 Å². The Morgan fingerprint density at radius 3 is 1.38 bits per heavy atom. The van der Waals surface area contributed by atoms with Gasteiger partial charge >= 0.3 is 11.9 Å². The number of hydrogen-bond donors (Lipinski definition) is 5. The van der Waals surface area contributed by atoms with Gasteiger partial charge in [-0.1, -0.05) is 12.8 Å². The summed E-state index contributed by atoms with van der Waals surface area (Å²) >= 11 is 0. The van der Waals surface area contributed by atoms with E-state index < -0.39 is 24.1 Å². The molecule has 0 saturated heterocycles. The first-order valence-electron chi connectivity index (χ1n) is 4.86. The summed E-state index contributed by atoms with van der Waals surface area (Å²) in [5.41, 5.74) is 0. The van der Waals surface area contributed by atoms with Crippen molar-refractivity contribution in [1.82, 2.24) is 0 Å². The minimum Gasteiger partial charge on any atom is -0.479 e. The summed E-state index contributed by atoms with van der Waals surface area (Å²) in [4.78, 5) is 19.5. The van der Waals surface area contributed by atoms with Crippen LogP contribution in [-0.2, 0) is 9.59 Å². The number of rotatable bonds is 3. The highest BCUT2D eigenvalue weighted by molar-refractivity contribution is 5.83. The zero-order chi connectivity index (χ0) is 12.7. The van der Waals surface area contributed by atoms with Crippen molar-refractivity contribution in [1.29, 1.82) is 0 Å². The van der Waals surface area contributed by atoms with Gasteiger partial charge in [0, 0.05) is 0 Å². The summed E-state index contributed by atoms with van der Waals surface area (Å²) in [6, 6.07) is 0. The molecule has 5 N–H and O–H groups in total. The highest BCUT2D eigenvalue weighted by atomic mass is 16.4. The molecule has 0 spiro atoms. The molecule has 0 aromatic rings. The zero-order valence-electron chi connectivity index (χ0n) is 8.61. The molecule has 94 valence electrons. The Bertz CT molecular complexity index is 216. The normalized spacial score (nSPS) is 19.4. The van der Waals surface area contributed by atoms with Crippen LogP contribution in [0.15, 0.2) is 0 Å². The molecule has 2 atom stereocenters. The van der Waals surface area contributed by atoms with Crippen LogP contribution in [0.25, 0.3) is 0 Å². The number of aliphatic hydroxyl groups is 3. The van der Waals surface area contributed by atoms with E-state index in [1.165, 1.54) is 12.8 Å². The van der Waals surface area contributed by atoms with Gasteiger partial charge in [0.2, 0.25) is 0 Å². The minimum atomic E-state index is -2.27. The minimum absolute atomic E-state index is 0.0463. The van der Waals surface area contributed by atoms with Crippen molar-refractivity contribution in [2.45, 2.75) is 44.0 Å². The van der Waals surface area contributed by atoms with Gasteiger partial charge in [0.25, 0.3) is 0 Å². The highest BCUT2D eigenvalue weighted by Crippen LogP contribution is 2.16. The van der Waals surface area contributed by atoms with E-state index >= 15 is 0 Å². The standard InChI is InChI=1S/C5H10O.C4H6O6/c6-5-3-1-2-4-5;5-1(3(7)8)2(6)4(9)10/h5-6H,1-4H2;1-2,5-6H,(H,7,8)(H,9,10). The largest absolute Gasteiger partial charge is 0.479 e. The summed E-state index contributed by atoms with van der Waals surface area (Å²) < 4.78 is 0. The Hall–Kier alpha value is -1.18. The van der Waals surface area contributed by atoms with E-state index in [2.05, 4.69) is 0 Å². The Balaban J connectivity index is 0.000000315. The van der Waals surface area contributed by atoms with E-state index in [1.54, 1.807) is 0 Å². The van der Waals surface area contributed by atoms with Crippen molar-refractivity contribution >= 4 is 11.9 Å². The van der Waals surface area contributed by atoms with E-state index in [1.807, 2.05) is 0 Å². The maximum atomic E-state index is 9.77. The van der Waals surface area contributed by atoms with Crippen LogP contribution in [0.1, 0.15) is 25.7 Å². The topological polar surface area (TPSA) is 135 Å². The molecule has 1 aliphatic rings. The molecule has 1 aliphatic carbocycles. The molecular weight excluding hydrogens is 220 g/mol. The van der Waals surface area contributed by atoms with E-state index in [0.717, 1.165) is 12.8 Å². The van der Waals surface area contributed by atoms with Crippen molar-refractivity contribution in [3.05, 3.63) is 0 Å². The number of carboxylic acid groups (broad SMARTS) is 2. The van der Waals surface area contributed by atoms with E-state index in [9.17, 15) is 9.59 Å². The van der Waals surface area contributed by atoms with Gasteiger partial charge < -0.3 is 25.5 Å². The van der Waals surface area contributed by atoms with Gasteiger partial charge in [0.05, 0.1) is 6.10 Å². The van der Waals surface area contributed by atoms with Gasteiger partial charge in [0.15, 0.2) is 12.2 Å². The molecule has 0 amide bonds. The van der Waals surface area contributed by atoms with Crippen molar-refractivity contribution in [2.75, 3.05) is 0 Å². The van der Waals surface area contributed by atoms with E-state index in [4.69, 9.17) is 25.5 Å². The van der Waals surface area contributed by atoms with Gasteiger partial charge in [0.1, 0.15) is 0 Å². The molecule has 0 bridgehead atoms. The molecule has 7 heteroatoms. The first-order chi connectivity index (χ1) is 7.36. The monoisotopic (exact) mass is 236 g/mol. The van der Waals surface area contributed by atoms with Crippen LogP contribution in [0.5, 0.6) is 0 Å². The van der Waals surface area contributed by atoms with Crippen LogP contribution >= 0.6 is 0 Å². The number of carboxylic acids is 2. The smallest absolute Gasteiger partial charge is 0.335 e. The molecule has 1 saturated carbocycles. The molecule has 0 heterocycles. The summed E-state index contributed by atoms with van der Waals surface area (Å²) in [5.74, 6) is -3.54. The van der Waals surface area contributed by atoms with E-state index in [-0.39, 0.29) is 6.10 Å². The van der Waals surface area contributed by atoms with Gasteiger partial charge in [-0.2, -0.15) is 0 Å². The SMILES string of the molecule is O=C(O)C(O)C(O)C(=O)O.OC1CCCC1. The lowest BCUT2D eigenvalue weighted by atomic mass is 10.2. The average Bonchev–Trinajstić information content (AvgIpc) is 2.67. The van der Waals surface area contributed by atoms with E-state index in [0.29, 0.717) is 0 Å². The number of hydrogen-bond acceptors (Lipinski definition) is 5. The molecule has 7 nitrogen and oxygen atoms in total. The van der Waals surface area contributed by atoms with Gasteiger partial charge in [-0.3, -0.25) is 0 Å². The third-order valence-electron chi connectivity index (χ3n) is 2.13. The maximum Gasteiger partial charge on any atom is 0.335 e. The first kappa shape index (κ1) is 14.8. The Labute approximate surface area is 92.0 Å². The first-order valence-corrected chi connectivity index (χ1v) is 4.86. The second kappa shape index (κ2) is 7.15. The Morgan fingerprint density at radius 2 is 1.25 bits per heavy atom. The fraction of sp³-hybridized carbons (Fsp3) is 0.778. The zero-order valence-corrected chi connectivity index (χ0v) is 8.61. The molecule has 1 rings (SSSR count). The Kier molecular flexibility index (Phi) is 6.63. The molecule has 0 aromatic carbocycles. The molecule has 0 aromatic heterocycles. The highest BCUT2D eigenvalue weighted by Gasteiger charge is 2.29. The molecule has 0 radical (unpaired) electrons. The average molecular weight is 236 g/mol. The summed E-state index contributed by atoms with van der Waals surface area (Å²) in [5, 5.41) is 41.3. The van der Waals surface area contributed by atoms with Crippen LogP contribution in [0.2, 0.25) is 0 Å². The molecule has 0 aliphatic heterocycles. The third-order valence-corrected chi connectivity index (χ3v) is 2.13. The molecule has 2 unspecified atom stereocenters. The van der Waals surface area contributed by atoms with Crippen LogP contribution in [0.4, 0.5) is 0 Å². The molecule has 16 heavy (non-hydrogen) atoms. The lowest BCUT2D eigenvalue weighted by Gasteiger charge is -2.07. The number of carbonyl (C=O) groups is 2. The van der Waals surface area contributed by atoms with Gasteiger partial charge in [-0.15, -0.1) is 0 Å². The fourth-order valence-corrected chi connectivity index (χ4v) is 1.17. The van der Waals surface area contributed by atoms with Crippen molar-refractivity contribution in [2.24, 2.45) is 0 Å². The van der Waals surface area contributed by atoms with Crippen molar-refractivity contribution < 1.29 is 35.1 Å². The van der Waals surface area contributed by atoms with Crippen molar-refractivity contribution in [3.63, 3.8) is 0 Å². The molecule has 1 fully saturated rings. The number of aliphatic carboxylic acids is 2. The quantitative estimate of drug-likeness (QED) is 0.415. The van der Waals surface area contributed by atoms with Gasteiger partial charge in [-0.05, 0) is 12.8 Å². The lowest BCUT2D eigenvalue weighted by molar-refractivity contribution is -0.165. The number of aliphatic hydroxyl groups excluding tert-OH is 3. The second-order valence-corrected chi connectivity index (χ2v) is 3.50. The lowest BCUT2D eigenvalue weighted by Crippen LogP contribution is -2.39. The van der Waals surface area contributed by atoms with Crippen LogP contribution in [-0.4, -0.2) is 55.8 Å². The summed E-state index contributed by atoms with van der Waals surface area (Å²) in [6.45, 7) is 0. The second-order valence-electron chi connectivity index (χ2n) is 3.50. The summed E-state index contributed by atoms with van der Waals surface area (Å²) in [6.07, 6.45) is 0.0718. The predicted molar refractivity (Wildman–Crippen MR) is 51.8 cm³/mol. The Morgan fingerprint density at radius 1 is 0.938 bits per heavy atom. The van der Waals surface area contributed by atoms with Crippen LogP contribution < -0.4 is 0 Å². The van der Waals surface area contributed by atoms with Crippen LogP contribution in [0.3, 0.4) is 0 Å². The summed E-state index contributed by atoms with van der Waals surface area (Å²) in [7, 11) is 0.